The van der Waals surface area contributed by atoms with Gasteiger partial charge in [0.2, 0.25) is 0 Å². The first-order valence-corrected chi connectivity index (χ1v) is 11.0. The molecule has 0 aliphatic heterocycles. The molecule has 0 saturated heterocycles. The minimum Gasteiger partial charge on any atom is -0.423 e. The van der Waals surface area contributed by atoms with E-state index in [1.807, 2.05) is 0 Å². The number of hydrogen-bond donors (Lipinski definition) is 5. The van der Waals surface area contributed by atoms with Gasteiger partial charge in [-0.25, -0.2) is 8.78 Å². The topological polar surface area (TPSA) is 147 Å². The number of nitrogens with zero attached hydrogens (tertiary/aromatic N) is 1. The summed E-state index contributed by atoms with van der Waals surface area (Å²) in [6.07, 6.45) is 2.59. The molecule has 0 aromatic heterocycles. The van der Waals surface area contributed by atoms with Crippen LogP contribution in [0.15, 0.2) is 36.4 Å². The van der Waals surface area contributed by atoms with E-state index in [0.29, 0.717) is 32.0 Å². The van der Waals surface area contributed by atoms with E-state index in [-0.39, 0.29) is 17.7 Å². The zero-order valence-corrected chi connectivity index (χ0v) is 18.6. The summed E-state index contributed by atoms with van der Waals surface area (Å²) in [4.78, 5) is 38.4. The Hall–Kier alpha value is -3.12. The number of halogens is 2. The van der Waals surface area contributed by atoms with Gasteiger partial charge in [0, 0.05) is 34.1 Å². The largest absolute Gasteiger partial charge is 0.491 e. The number of amides is 2. The molecule has 2 unspecified atom stereocenters. The van der Waals surface area contributed by atoms with Crippen molar-refractivity contribution in [2.75, 3.05) is 6.54 Å². The number of rotatable bonds is 8. The fraction of sp³-hybridized carbons (Fsp3) is 0.318. The lowest BCUT2D eigenvalue weighted by Gasteiger charge is -2.37. The first kappa shape index (κ1) is 26.5. The molecule has 5 N–H and O–H groups in total. The highest BCUT2D eigenvalue weighted by molar-refractivity contribution is 6.59. The average molecular weight is 488 g/mol. The summed E-state index contributed by atoms with van der Waals surface area (Å²) in [5, 5.41) is 39.9. The number of nitrogens with one attached hydrogen (secondary N) is 1. The molecule has 1 saturated carbocycles. The van der Waals surface area contributed by atoms with E-state index in [4.69, 9.17) is 0 Å². The van der Waals surface area contributed by atoms with E-state index in [1.165, 1.54) is 17.0 Å². The highest BCUT2D eigenvalue weighted by Crippen LogP contribution is 2.25. The van der Waals surface area contributed by atoms with Crippen LogP contribution in [0.4, 0.5) is 8.78 Å². The fourth-order valence-corrected chi connectivity index (χ4v) is 4.25. The molecule has 2 aromatic rings. The van der Waals surface area contributed by atoms with E-state index < -0.39 is 60.7 Å². The molecule has 35 heavy (non-hydrogen) atoms. The molecule has 1 fully saturated rings. The molecule has 0 bridgehead atoms. The monoisotopic (exact) mass is 488 g/mol. The van der Waals surface area contributed by atoms with E-state index in [0.717, 1.165) is 24.3 Å². The third kappa shape index (κ3) is 6.31. The Bertz CT molecular complexity index is 1100. The number of aldehydes is 1. The summed E-state index contributed by atoms with van der Waals surface area (Å²) < 4.78 is 27.5. The maximum Gasteiger partial charge on any atom is 0.491 e. The number of benzene rings is 2. The molecular formula is C22H24B2F2N2O7. The molecule has 1 aliphatic rings. The molecule has 9 nitrogen and oxygen atoms in total. The highest BCUT2D eigenvalue weighted by Gasteiger charge is 2.32. The predicted molar refractivity (Wildman–Crippen MR) is 123 cm³/mol. The maximum atomic E-state index is 13.8. The maximum absolute atomic E-state index is 13.8. The average Bonchev–Trinajstić information content (AvgIpc) is 2.82. The van der Waals surface area contributed by atoms with Crippen molar-refractivity contribution in [2.45, 2.75) is 37.8 Å². The first-order valence-electron chi connectivity index (χ1n) is 11.0. The summed E-state index contributed by atoms with van der Waals surface area (Å²) >= 11 is 0. The third-order valence-electron chi connectivity index (χ3n) is 6.01. The lowest BCUT2D eigenvalue weighted by atomic mass is 9.79. The Morgan fingerprint density at radius 3 is 2.11 bits per heavy atom. The Kier molecular flexibility index (Phi) is 8.73. The fourth-order valence-electron chi connectivity index (χ4n) is 4.25. The van der Waals surface area contributed by atoms with Gasteiger partial charge in [-0.1, -0.05) is 0 Å². The number of carbonyl (C=O) groups is 3. The molecular weight excluding hydrogens is 464 g/mol. The molecule has 1 aliphatic carbocycles. The standard InChI is InChI=1S/C22H24B2F2N2O7/c25-19-6-4-13(10-17(19)23(32)33)21(30)27-15-2-1-3-16(12-15)28(8-9-29)22(31)14-5-7-20(26)18(11-14)24(34)35/h4-7,9-11,15-16,32-35H,1-3,8,12H2,(H,27,30). The van der Waals surface area contributed by atoms with Gasteiger partial charge < -0.3 is 35.1 Å². The molecule has 184 valence electrons. The quantitative estimate of drug-likeness (QED) is 0.230. The van der Waals surface area contributed by atoms with Crippen LogP contribution in [0.1, 0.15) is 46.4 Å². The van der Waals surface area contributed by atoms with Crippen LogP contribution in [-0.4, -0.2) is 76.0 Å². The first-order chi connectivity index (χ1) is 16.6. The van der Waals surface area contributed by atoms with E-state index in [1.54, 1.807) is 0 Å². The Morgan fingerprint density at radius 1 is 0.971 bits per heavy atom. The normalized spacial score (nSPS) is 17.4. The second-order valence-corrected chi connectivity index (χ2v) is 8.33. The SMILES string of the molecule is O=CCN(C(=O)c1ccc(F)c(B(O)O)c1)C1CCCC(NC(=O)c2ccc(F)c(B(O)O)c2)C1. The van der Waals surface area contributed by atoms with Gasteiger partial charge in [-0.05, 0) is 62.1 Å². The second-order valence-electron chi connectivity index (χ2n) is 8.33. The number of hydrogen-bond acceptors (Lipinski definition) is 7. The minimum atomic E-state index is -2.12. The minimum absolute atomic E-state index is 0.0242. The zero-order valence-electron chi connectivity index (χ0n) is 18.6. The van der Waals surface area contributed by atoms with E-state index in [9.17, 15) is 43.3 Å². The van der Waals surface area contributed by atoms with Gasteiger partial charge in [-0.3, -0.25) is 9.59 Å². The summed E-state index contributed by atoms with van der Waals surface area (Å²) in [6.45, 7) is -0.256. The van der Waals surface area contributed by atoms with Crippen molar-refractivity contribution < 1.29 is 43.3 Å². The Morgan fingerprint density at radius 2 is 1.54 bits per heavy atom. The molecule has 0 radical (unpaired) electrons. The molecule has 0 heterocycles. The molecule has 13 heteroatoms. The molecule has 2 atom stereocenters. The van der Waals surface area contributed by atoms with Gasteiger partial charge in [0.05, 0.1) is 6.54 Å². The Labute approximate surface area is 200 Å². The van der Waals surface area contributed by atoms with Crippen LogP contribution < -0.4 is 16.2 Å². The second kappa shape index (κ2) is 11.5. The van der Waals surface area contributed by atoms with Crippen LogP contribution in [0.5, 0.6) is 0 Å². The number of carbonyl (C=O) groups excluding carboxylic acids is 3. The lowest BCUT2D eigenvalue weighted by Crippen LogP contribution is -2.49. The van der Waals surface area contributed by atoms with Gasteiger partial charge >= 0.3 is 14.2 Å². The lowest BCUT2D eigenvalue weighted by molar-refractivity contribution is -0.109. The summed E-state index contributed by atoms with van der Waals surface area (Å²) in [5.41, 5.74) is -0.904. The van der Waals surface area contributed by atoms with Crippen molar-refractivity contribution in [3.05, 3.63) is 59.2 Å². The van der Waals surface area contributed by atoms with Crippen LogP contribution in [0.25, 0.3) is 0 Å². The van der Waals surface area contributed by atoms with E-state index >= 15 is 0 Å². The van der Waals surface area contributed by atoms with Crippen molar-refractivity contribution in [3.8, 4) is 0 Å². The van der Waals surface area contributed by atoms with Crippen LogP contribution in [0.3, 0.4) is 0 Å². The van der Waals surface area contributed by atoms with E-state index in [2.05, 4.69) is 5.32 Å². The van der Waals surface area contributed by atoms with Crippen LogP contribution in [-0.2, 0) is 4.79 Å². The van der Waals surface area contributed by atoms with Crippen molar-refractivity contribution >= 4 is 43.3 Å². The molecule has 3 rings (SSSR count). The van der Waals surface area contributed by atoms with Gasteiger partial charge in [0.1, 0.15) is 17.9 Å². The van der Waals surface area contributed by atoms with Crippen LogP contribution >= 0.6 is 0 Å². The van der Waals surface area contributed by atoms with Crippen molar-refractivity contribution in [3.63, 3.8) is 0 Å². The zero-order chi connectivity index (χ0) is 25.7. The van der Waals surface area contributed by atoms with Gasteiger partial charge in [-0.15, -0.1) is 0 Å². The summed E-state index contributed by atoms with van der Waals surface area (Å²) in [5.74, 6) is -2.92. The van der Waals surface area contributed by atoms with Gasteiger partial charge in [0.25, 0.3) is 11.8 Å². The predicted octanol–water partition coefficient (Wildman–Crippen LogP) is -1.29. The molecule has 2 amide bonds. The summed E-state index contributed by atoms with van der Waals surface area (Å²) in [7, 11) is -4.20. The van der Waals surface area contributed by atoms with Crippen LogP contribution in [0.2, 0.25) is 0 Å². The van der Waals surface area contributed by atoms with Crippen LogP contribution in [0, 0.1) is 11.6 Å². The molecule has 2 aromatic carbocycles. The molecule has 0 spiro atoms. The van der Waals surface area contributed by atoms with Gasteiger partial charge in [0.15, 0.2) is 0 Å². The smallest absolute Gasteiger partial charge is 0.423 e. The highest BCUT2D eigenvalue weighted by atomic mass is 19.1. The van der Waals surface area contributed by atoms with Crippen molar-refractivity contribution in [1.29, 1.82) is 0 Å². The Balaban J connectivity index is 1.75. The summed E-state index contributed by atoms with van der Waals surface area (Å²) in [6, 6.07) is 5.51. The van der Waals surface area contributed by atoms with Gasteiger partial charge in [-0.2, -0.15) is 0 Å². The third-order valence-corrected chi connectivity index (χ3v) is 6.01. The van der Waals surface area contributed by atoms with Crippen molar-refractivity contribution in [2.24, 2.45) is 0 Å². The van der Waals surface area contributed by atoms with Crippen molar-refractivity contribution in [1.82, 2.24) is 10.2 Å².